The first-order chi connectivity index (χ1) is 14.9. The fourth-order valence-corrected chi connectivity index (χ4v) is 2.85. The van der Waals surface area contributed by atoms with Crippen LogP contribution in [0.3, 0.4) is 0 Å². The van der Waals surface area contributed by atoms with Crippen LogP contribution in [0.2, 0.25) is 10.0 Å². The van der Waals surface area contributed by atoms with E-state index in [0.29, 0.717) is 27.2 Å². The predicted molar refractivity (Wildman–Crippen MR) is 114 cm³/mol. The van der Waals surface area contributed by atoms with Crippen LogP contribution in [-0.2, 0) is 0 Å². The van der Waals surface area contributed by atoms with Crippen molar-refractivity contribution in [1.82, 2.24) is 19.9 Å². The lowest BCUT2D eigenvalue weighted by Crippen LogP contribution is -2.04. The maximum absolute atomic E-state index is 13.5. The molecule has 4 aromatic rings. The zero-order chi connectivity index (χ0) is 22.4. The predicted octanol–water partition coefficient (Wildman–Crippen LogP) is 5.17. The van der Waals surface area contributed by atoms with E-state index in [4.69, 9.17) is 27.9 Å². The molecule has 0 amide bonds. The number of nitrogens with zero attached hydrogens (tertiary/aromatic N) is 3. The van der Waals surface area contributed by atoms with Crippen LogP contribution in [0.25, 0.3) is 22.5 Å². The Kier molecular flexibility index (Phi) is 7.28. The van der Waals surface area contributed by atoms with E-state index in [2.05, 4.69) is 19.9 Å². The summed E-state index contributed by atoms with van der Waals surface area (Å²) in [5.41, 5.74) is 0.909. The Labute approximate surface area is 185 Å². The van der Waals surface area contributed by atoms with Crippen molar-refractivity contribution in [2.75, 3.05) is 7.11 Å². The lowest BCUT2D eigenvalue weighted by atomic mass is 10.1. The number of aromatic amines is 1. The molecule has 1 N–H and O–H groups in total. The first-order valence-electron chi connectivity index (χ1n) is 8.69. The summed E-state index contributed by atoms with van der Waals surface area (Å²) in [6.07, 6.45) is 2.53. The Hall–Kier alpha value is -3.36. The van der Waals surface area contributed by atoms with E-state index in [1.54, 1.807) is 6.07 Å². The van der Waals surface area contributed by atoms with Gasteiger partial charge < -0.3 is 9.72 Å². The highest BCUT2D eigenvalue weighted by Gasteiger charge is 2.09. The molecule has 0 atom stereocenters. The topological polar surface area (TPSA) is 80.8 Å². The number of ether oxygens (including phenoxy) is 1. The first kappa shape index (κ1) is 22.3. The molecule has 2 aromatic heterocycles. The van der Waals surface area contributed by atoms with Crippen LogP contribution in [0, 0.1) is 11.6 Å². The molecule has 2 heterocycles. The van der Waals surface area contributed by atoms with Gasteiger partial charge in [0.15, 0.2) is 0 Å². The minimum Gasteiger partial charge on any atom is -0.481 e. The van der Waals surface area contributed by atoms with Crippen molar-refractivity contribution in [3.05, 3.63) is 93.2 Å². The summed E-state index contributed by atoms with van der Waals surface area (Å²) in [5.74, 6) is -0.466. The van der Waals surface area contributed by atoms with Gasteiger partial charge in [-0.2, -0.15) is 0 Å². The smallest absolute Gasteiger partial charge is 0.251 e. The Bertz CT molecular complexity index is 1270. The molecule has 0 aliphatic heterocycles. The third-order valence-corrected chi connectivity index (χ3v) is 4.41. The minimum atomic E-state index is -0.461. The molecule has 0 spiro atoms. The summed E-state index contributed by atoms with van der Waals surface area (Å²) in [6.45, 7) is 0. The van der Waals surface area contributed by atoms with Gasteiger partial charge in [0.05, 0.1) is 24.8 Å². The highest BCUT2D eigenvalue weighted by atomic mass is 35.5. The second-order valence-corrected chi connectivity index (χ2v) is 6.86. The molecule has 158 valence electrons. The molecule has 31 heavy (non-hydrogen) atoms. The molecule has 0 radical (unpaired) electrons. The van der Waals surface area contributed by atoms with Gasteiger partial charge in [-0.3, -0.25) is 4.79 Å². The first-order valence-corrected chi connectivity index (χ1v) is 9.44. The van der Waals surface area contributed by atoms with Crippen molar-refractivity contribution in [1.29, 1.82) is 0 Å². The van der Waals surface area contributed by atoms with Gasteiger partial charge in [0.25, 0.3) is 5.56 Å². The van der Waals surface area contributed by atoms with Crippen LogP contribution in [-0.4, -0.2) is 27.0 Å². The zero-order valence-corrected chi connectivity index (χ0v) is 17.5. The molecule has 0 saturated heterocycles. The van der Waals surface area contributed by atoms with Crippen LogP contribution in [0.1, 0.15) is 0 Å². The summed E-state index contributed by atoms with van der Waals surface area (Å²) in [7, 11) is 1.49. The van der Waals surface area contributed by atoms with Gasteiger partial charge in [-0.1, -0.05) is 23.2 Å². The van der Waals surface area contributed by atoms with Crippen LogP contribution in [0.15, 0.2) is 66.0 Å². The fraction of sp³-hybridized carbons (Fsp3) is 0.0476. The third kappa shape index (κ3) is 5.84. The van der Waals surface area contributed by atoms with E-state index in [1.807, 2.05) is 0 Å². The van der Waals surface area contributed by atoms with Crippen LogP contribution >= 0.6 is 23.2 Å². The molecule has 0 saturated carbocycles. The monoisotopic (exact) mass is 462 g/mol. The van der Waals surface area contributed by atoms with E-state index in [1.165, 1.54) is 62.2 Å². The van der Waals surface area contributed by atoms with Gasteiger partial charge >= 0.3 is 0 Å². The SMILES string of the molecule is COc1cc(-c2cc(Cl)ccc2F)ncn1.O=c1cc(-c2cc(Cl)ccc2F)nc[nH]1. The molecule has 2 aromatic carbocycles. The average Bonchev–Trinajstić information content (AvgIpc) is 2.77. The van der Waals surface area contributed by atoms with Crippen molar-refractivity contribution in [3.63, 3.8) is 0 Å². The van der Waals surface area contributed by atoms with Crippen molar-refractivity contribution >= 4 is 23.2 Å². The van der Waals surface area contributed by atoms with Gasteiger partial charge in [-0.15, -0.1) is 0 Å². The van der Waals surface area contributed by atoms with Gasteiger partial charge in [0, 0.05) is 33.3 Å². The van der Waals surface area contributed by atoms with Crippen molar-refractivity contribution < 1.29 is 13.5 Å². The molecular weight excluding hydrogens is 449 g/mol. The zero-order valence-electron chi connectivity index (χ0n) is 15.9. The maximum Gasteiger partial charge on any atom is 0.251 e. The standard InChI is InChI=1S/C11H8ClFN2O.C10H6ClFN2O/c1-16-11-5-10(14-6-15-11)8-4-7(12)2-3-9(8)13;11-6-1-2-8(12)7(3-6)9-4-10(15)14-5-13-9/h2-6H,1H3;1-5H,(H,13,14,15). The maximum atomic E-state index is 13.5. The number of hydrogen-bond donors (Lipinski definition) is 1. The molecule has 0 unspecified atom stereocenters. The van der Waals surface area contributed by atoms with Crippen LogP contribution in [0.5, 0.6) is 5.88 Å². The minimum absolute atomic E-state index is 0.216. The largest absolute Gasteiger partial charge is 0.481 e. The van der Waals surface area contributed by atoms with E-state index in [9.17, 15) is 13.6 Å². The highest BCUT2D eigenvalue weighted by Crippen LogP contribution is 2.26. The summed E-state index contributed by atoms with van der Waals surface area (Å²) in [4.78, 5) is 25.0. The Morgan fingerprint density at radius 2 is 1.42 bits per heavy atom. The van der Waals surface area contributed by atoms with Gasteiger partial charge in [0.2, 0.25) is 5.88 Å². The molecule has 0 aliphatic rings. The Morgan fingerprint density at radius 3 is 1.97 bits per heavy atom. The molecule has 6 nitrogen and oxygen atoms in total. The summed E-state index contributed by atoms with van der Waals surface area (Å²) >= 11 is 11.5. The molecule has 0 bridgehead atoms. The average molecular weight is 463 g/mol. The lowest BCUT2D eigenvalue weighted by molar-refractivity contribution is 0.397. The Morgan fingerprint density at radius 1 is 0.839 bits per heavy atom. The van der Waals surface area contributed by atoms with Gasteiger partial charge in [0.1, 0.15) is 18.0 Å². The second-order valence-electron chi connectivity index (χ2n) is 5.99. The fourth-order valence-electron chi connectivity index (χ4n) is 2.50. The Balaban J connectivity index is 0.000000176. The lowest BCUT2D eigenvalue weighted by Gasteiger charge is -2.04. The number of benzene rings is 2. The van der Waals surface area contributed by atoms with Crippen LogP contribution in [0.4, 0.5) is 8.78 Å². The second kappa shape index (κ2) is 10.1. The number of aromatic nitrogens is 4. The molecular formula is C21H14Cl2F2N4O2. The third-order valence-electron chi connectivity index (χ3n) is 3.94. The molecule has 0 fully saturated rings. The normalized spacial score (nSPS) is 10.2. The van der Waals surface area contributed by atoms with Gasteiger partial charge in [-0.25, -0.2) is 23.7 Å². The quantitative estimate of drug-likeness (QED) is 0.453. The van der Waals surface area contributed by atoms with E-state index in [0.717, 1.165) is 0 Å². The molecule has 4 rings (SSSR count). The molecule has 0 aliphatic carbocycles. The van der Waals surface area contributed by atoms with Crippen molar-refractivity contribution in [2.24, 2.45) is 0 Å². The highest BCUT2D eigenvalue weighted by molar-refractivity contribution is 6.31. The van der Waals surface area contributed by atoms with E-state index in [-0.39, 0.29) is 22.6 Å². The van der Waals surface area contributed by atoms with E-state index >= 15 is 0 Å². The van der Waals surface area contributed by atoms with E-state index < -0.39 is 5.82 Å². The summed E-state index contributed by atoms with van der Waals surface area (Å²) in [5, 5.41) is 0.850. The number of hydrogen-bond acceptors (Lipinski definition) is 5. The van der Waals surface area contributed by atoms with Crippen LogP contribution < -0.4 is 10.3 Å². The number of rotatable bonds is 3. The van der Waals surface area contributed by atoms with Crippen molar-refractivity contribution in [2.45, 2.75) is 0 Å². The summed E-state index contributed by atoms with van der Waals surface area (Å²) in [6, 6.07) is 11.2. The number of nitrogens with one attached hydrogen (secondary N) is 1. The van der Waals surface area contributed by atoms with Crippen molar-refractivity contribution in [3.8, 4) is 28.4 Å². The number of methoxy groups -OCH3 is 1. The number of H-pyrrole nitrogens is 1. The summed E-state index contributed by atoms with van der Waals surface area (Å²) < 4.78 is 31.8. The number of halogens is 4. The van der Waals surface area contributed by atoms with Gasteiger partial charge in [-0.05, 0) is 36.4 Å². The molecule has 10 heteroatoms.